The number of ether oxygens (including phenoxy) is 1. The summed E-state index contributed by atoms with van der Waals surface area (Å²) in [6.07, 6.45) is 5.05. The Kier molecular flexibility index (Phi) is 5.30. The number of nitrogens with zero attached hydrogens (tertiary/aromatic N) is 1. The van der Waals surface area contributed by atoms with Crippen LogP contribution in [0.15, 0.2) is 24.3 Å². The molecule has 3 heteroatoms. The van der Waals surface area contributed by atoms with Crippen molar-refractivity contribution >= 4 is 5.69 Å². The molecule has 1 aliphatic rings. The Morgan fingerprint density at radius 2 is 2.05 bits per heavy atom. The van der Waals surface area contributed by atoms with Gasteiger partial charge < -0.3 is 15.4 Å². The fourth-order valence-corrected chi connectivity index (χ4v) is 2.75. The lowest BCUT2D eigenvalue weighted by Crippen LogP contribution is -2.39. The molecule has 0 atom stereocenters. The molecule has 0 aromatic heterocycles. The predicted octanol–water partition coefficient (Wildman–Crippen LogP) is 3.55. The molecule has 2 rings (SSSR count). The SMILES string of the molecule is CCC1(C)CCN(CCCOc2cccc(N)c2)CC1. The van der Waals surface area contributed by atoms with Gasteiger partial charge in [0.1, 0.15) is 5.75 Å². The van der Waals surface area contributed by atoms with E-state index < -0.39 is 0 Å². The van der Waals surface area contributed by atoms with Crippen LogP contribution in [0.2, 0.25) is 0 Å². The Labute approximate surface area is 123 Å². The van der Waals surface area contributed by atoms with Gasteiger partial charge in [0.05, 0.1) is 6.61 Å². The number of likely N-dealkylation sites (tertiary alicyclic amines) is 1. The van der Waals surface area contributed by atoms with Gasteiger partial charge in [-0.25, -0.2) is 0 Å². The normalized spacial score (nSPS) is 18.9. The van der Waals surface area contributed by atoms with Gasteiger partial charge >= 0.3 is 0 Å². The number of nitrogens with two attached hydrogens (primary N) is 1. The van der Waals surface area contributed by atoms with Crippen molar-refractivity contribution in [2.24, 2.45) is 5.41 Å². The van der Waals surface area contributed by atoms with Crippen molar-refractivity contribution in [1.82, 2.24) is 4.90 Å². The molecular weight excluding hydrogens is 248 g/mol. The van der Waals surface area contributed by atoms with E-state index in [2.05, 4.69) is 18.7 Å². The lowest BCUT2D eigenvalue weighted by Gasteiger charge is -2.38. The molecule has 1 aromatic carbocycles. The van der Waals surface area contributed by atoms with Crippen molar-refractivity contribution in [2.45, 2.75) is 39.5 Å². The van der Waals surface area contributed by atoms with Gasteiger partial charge in [0.2, 0.25) is 0 Å². The van der Waals surface area contributed by atoms with Crippen molar-refractivity contribution in [2.75, 3.05) is 32.0 Å². The fraction of sp³-hybridized carbons (Fsp3) is 0.647. The van der Waals surface area contributed by atoms with Crippen LogP contribution in [0.1, 0.15) is 39.5 Å². The lowest BCUT2D eigenvalue weighted by molar-refractivity contribution is 0.109. The van der Waals surface area contributed by atoms with Crippen molar-refractivity contribution in [1.29, 1.82) is 0 Å². The number of hydrogen-bond donors (Lipinski definition) is 1. The van der Waals surface area contributed by atoms with Crippen LogP contribution < -0.4 is 10.5 Å². The Balaban J connectivity index is 1.63. The minimum atomic E-state index is 0.578. The summed E-state index contributed by atoms with van der Waals surface area (Å²) in [7, 11) is 0. The van der Waals surface area contributed by atoms with Gasteiger partial charge in [0.15, 0.2) is 0 Å². The lowest BCUT2D eigenvalue weighted by atomic mass is 9.78. The molecule has 1 aromatic rings. The summed E-state index contributed by atoms with van der Waals surface area (Å²) in [5.74, 6) is 0.877. The van der Waals surface area contributed by atoms with Crippen LogP contribution in [0.5, 0.6) is 5.75 Å². The van der Waals surface area contributed by atoms with Gasteiger partial charge in [0, 0.05) is 18.3 Å². The zero-order valence-corrected chi connectivity index (χ0v) is 12.9. The van der Waals surface area contributed by atoms with Crippen molar-refractivity contribution < 1.29 is 4.74 Å². The molecule has 1 fully saturated rings. The third-order valence-electron chi connectivity index (χ3n) is 4.66. The molecule has 0 bridgehead atoms. The average molecular weight is 276 g/mol. The summed E-state index contributed by atoms with van der Waals surface area (Å²) < 4.78 is 5.73. The molecule has 0 saturated carbocycles. The summed E-state index contributed by atoms with van der Waals surface area (Å²) in [4.78, 5) is 2.57. The summed E-state index contributed by atoms with van der Waals surface area (Å²) in [5, 5.41) is 0. The number of hydrogen-bond acceptors (Lipinski definition) is 3. The van der Waals surface area contributed by atoms with E-state index in [1.165, 1.54) is 32.4 Å². The third kappa shape index (κ3) is 4.41. The van der Waals surface area contributed by atoms with Gasteiger partial charge in [-0.05, 0) is 49.9 Å². The molecule has 1 saturated heterocycles. The summed E-state index contributed by atoms with van der Waals surface area (Å²) >= 11 is 0. The molecule has 1 heterocycles. The van der Waals surface area contributed by atoms with Crippen molar-refractivity contribution in [3.63, 3.8) is 0 Å². The van der Waals surface area contributed by atoms with Crippen LogP contribution >= 0.6 is 0 Å². The van der Waals surface area contributed by atoms with Crippen LogP contribution in [0.4, 0.5) is 5.69 Å². The minimum Gasteiger partial charge on any atom is -0.493 e. The van der Waals surface area contributed by atoms with E-state index in [0.717, 1.165) is 31.0 Å². The van der Waals surface area contributed by atoms with E-state index in [0.29, 0.717) is 5.41 Å². The minimum absolute atomic E-state index is 0.578. The second-order valence-electron chi connectivity index (χ2n) is 6.28. The molecule has 0 radical (unpaired) electrons. The molecule has 2 N–H and O–H groups in total. The highest BCUT2D eigenvalue weighted by Crippen LogP contribution is 2.33. The topological polar surface area (TPSA) is 38.5 Å². The van der Waals surface area contributed by atoms with E-state index in [4.69, 9.17) is 10.5 Å². The first kappa shape index (κ1) is 15.2. The highest BCUT2D eigenvalue weighted by atomic mass is 16.5. The van der Waals surface area contributed by atoms with Crippen LogP contribution in [0, 0.1) is 5.41 Å². The standard InChI is InChI=1S/C17H28N2O/c1-3-17(2)8-11-19(12-9-17)10-5-13-20-16-7-4-6-15(18)14-16/h4,6-7,14H,3,5,8-13,18H2,1-2H3. The highest BCUT2D eigenvalue weighted by Gasteiger charge is 2.27. The second-order valence-corrected chi connectivity index (χ2v) is 6.28. The quantitative estimate of drug-likeness (QED) is 0.638. The smallest absolute Gasteiger partial charge is 0.121 e. The fourth-order valence-electron chi connectivity index (χ4n) is 2.75. The van der Waals surface area contributed by atoms with Crippen LogP contribution in [-0.4, -0.2) is 31.1 Å². The molecule has 0 amide bonds. The molecule has 0 aliphatic carbocycles. The maximum atomic E-state index is 5.73. The van der Waals surface area contributed by atoms with Crippen LogP contribution in [-0.2, 0) is 0 Å². The Morgan fingerprint density at radius 1 is 1.30 bits per heavy atom. The maximum absolute atomic E-state index is 5.73. The van der Waals surface area contributed by atoms with Crippen molar-refractivity contribution in [3.05, 3.63) is 24.3 Å². The van der Waals surface area contributed by atoms with Gasteiger partial charge in [-0.2, -0.15) is 0 Å². The predicted molar refractivity (Wildman–Crippen MR) is 85.0 cm³/mol. The zero-order valence-electron chi connectivity index (χ0n) is 12.9. The van der Waals surface area contributed by atoms with Gasteiger partial charge in [-0.3, -0.25) is 0 Å². The molecule has 0 spiro atoms. The largest absolute Gasteiger partial charge is 0.493 e. The number of benzene rings is 1. The summed E-state index contributed by atoms with van der Waals surface area (Å²) in [6.45, 7) is 9.13. The number of rotatable bonds is 6. The monoisotopic (exact) mass is 276 g/mol. The van der Waals surface area contributed by atoms with Gasteiger partial charge in [-0.15, -0.1) is 0 Å². The Morgan fingerprint density at radius 3 is 2.70 bits per heavy atom. The number of piperidine rings is 1. The van der Waals surface area contributed by atoms with E-state index >= 15 is 0 Å². The van der Waals surface area contributed by atoms with E-state index in [1.54, 1.807) is 0 Å². The Bertz CT molecular complexity index is 411. The average Bonchev–Trinajstić information content (AvgIpc) is 2.46. The molecular formula is C17H28N2O. The first-order valence-electron chi connectivity index (χ1n) is 7.82. The van der Waals surface area contributed by atoms with E-state index in [9.17, 15) is 0 Å². The maximum Gasteiger partial charge on any atom is 0.121 e. The van der Waals surface area contributed by atoms with Gasteiger partial charge in [-0.1, -0.05) is 26.3 Å². The molecule has 1 aliphatic heterocycles. The first-order chi connectivity index (χ1) is 9.61. The summed E-state index contributed by atoms with van der Waals surface area (Å²) in [5.41, 5.74) is 7.07. The number of anilines is 1. The van der Waals surface area contributed by atoms with Gasteiger partial charge in [0.25, 0.3) is 0 Å². The number of nitrogen functional groups attached to an aromatic ring is 1. The molecule has 3 nitrogen and oxygen atoms in total. The van der Waals surface area contributed by atoms with Crippen molar-refractivity contribution in [3.8, 4) is 5.75 Å². The van der Waals surface area contributed by atoms with Crippen LogP contribution in [0.3, 0.4) is 0 Å². The second kappa shape index (κ2) is 6.98. The Hall–Kier alpha value is -1.22. The van der Waals surface area contributed by atoms with Crippen LogP contribution in [0.25, 0.3) is 0 Å². The zero-order chi connectivity index (χ0) is 14.4. The molecule has 20 heavy (non-hydrogen) atoms. The first-order valence-corrected chi connectivity index (χ1v) is 7.82. The summed E-state index contributed by atoms with van der Waals surface area (Å²) in [6, 6.07) is 7.66. The highest BCUT2D eigenvalue weighted by molar-refractivity contribution is 5.43. The molecule has 112 valence electrons. The van der Waals surface area contributed by atoms with E-state index in [1.807, 2.05) is 24.3 Å². The molecule has 0 unspecified atom stereocenters. The van der Waals surface area contributed by atoms with E-state index in [-0.39, 0.29) is 0 Å². The third-order valence-corrected chi connectivity index (χ3v) is 4.66.